The summed E-state index contributed by atoms with van der Waals surface area (Å²) in [5.74, 6) is 0.590. The third kappa shape index (κ3) is 2.26. The molecule has 1 unspecified atom stereocenters. The van der Waals surface area contributed by atoms with Gasteiger partial charge in [-0.25, -0.2) is 0 Å². The van der Waals surface area contributed by atoms with Crippen molar-refractivity contribution in [3.05, 3.63) is 29.8 Å². The topological polar surface area (TPSA) is 73.9 Å². The number of hydrogen-bond donors (Lipinski definition) is 0. The Morgan fingerprint density at radius 2 is 1.80 bits per heavy atom. The highest BCUT2D eigenvalue weighted by atomic mass is 16.5. The van der Waals surface area contributed by atoms with Gasteiger partial charge in [-0.1, -0.05) is 12.1 Å². The molecule has 0 bridgehead atoms. The second kappa shape index (κ2) is 5.75. The molecule has 102 valence electrons. The minimum Gasteiger partial charge on any atom is -0.489 e. The minimum atomic E-state index is -0.764. The van der Waals surface area contributed by atoms with Gasteiger partial charge in [-0.05, 0) is 31.9 Å². The number of ether oxygens (including phenoxy) is 1. The normalized spacial score (nSPS) is 19.4. The predicted molar refractivity (Wildman–Crippen MR) is 73.0 cm³/mol. The molecule has 0 amide bonds. The summed E-state index contributed by atoms with van der Waals surface area (Å²) < 4.78 is 5.87. The van der Waals surface area contributed by atoms with Crippen molar-refractivity contribution < 1.29 is 9.53 Å². The lowest BCUT2D eigenvalue weighted by atomic mass is 9.68. The summed E-state index contributed by atoms with van der Waals surface area (Å²) >= 11 is 0. The van der Waals surface area contributed by atoms with Gasteiger partial charge in [-0.3, -0.25) is 4.79 Å². The predicted octanol–water partition coefficient (Wildman–Crippen LogP) is 3.24. The molecule has 0 saturated carbocycles. The van der Waals surface area contributed by atoms with E-state index in [0.29, 0.717) is 24.2 Å². The number of Topliss-reactive ketones (excluding diaryl/α,β-unsaturated/α-hetero) is 1. The van der Waals surface area contributed by atoms with Gasteiger partial charge in [0.25, 0.3) is 0 Å². The van der Waals surface area contributed by atoms with E-state index in [0.717, 1.165) is 0 Å². The van der Waals surface area contributed by atoms with Crippen LogP contribution in [0.4, 0.5) is 0 Å². The van der Waals surface area contributed by atoms with Gasteiger partial charge in [-0.15, -0.1) is 0 Å². The molecular formula is C16H16N2O2. The molecule has 4 heteroatoms. The van der Waals surface area contributed by atoms with Crippen LogP contribution in [-0.4, -0.2) is 11.9 Å². The molecule has 0 radical (unpaired) electrons. The van der Waals surface area contributed by atoms with Crippen LogP contribution in [0.5, 0.6) is 5.75 Å². The zero-order chi connectivity index (χ0) is 14.6. The second-order valence-corrected chi connectivity index (χ2v) is 5.06. The molecular weight excluding hydrogens is 252 g/mol. The number of rotatable bonds is 4. The van der Waals surface area contributed by atoms with Crippen LogP contribution in [-0.2, 0) is 0 Å². The number of hydrogen-bond acceptors (Lipinski definition) is 4. The van der Waals surface area contributed by atoms with Gasteiger partial charge in [0.15, 0.2) is 5.78 Å². The fourth-order valence-corrected chi connectivity index (χ4v) is 2.83. The van der Waals surface area contributed by atoms with E-state index in [-0.39, 0.29) is 24.7 Å². The first kappa shape index (κ1) is 14.1. The Bertz CT molecular complexity index is 577. The van der Waals surface area contributed by atoms with Gasteiger partial charge < -0.3 is 4.74 Å². The summed E-state index contributed by atoms with van der Waals surface area (Å²) in [4.78, 5) is 12.9. The molecule has 0 fully saturated rings. The van der Waals surface area contributed by atoms with Crippen LogP contribution >= 0.6 is 0 Å². The van der Waals surface area contributed by atoms with Crippen LogP contribution in [0.1, 0.15) is 43.0 Å². The largest absolute Gasteiger partial charge is 0.489 e. The minimum absolute atomic E-state index is 0.00245. The molecule has 1 aromatic carbocycles. The van der Waals surface area contributed by atoms with Crippen LogP contribution in [0, 0.1) is 28.1 Å². The van der Waals surface area contributed by atoms with Crippen molar-refractivity contribution in [2.45, 2.75) is 38.7 Å². The first-order chi connectivity index (χ1) is 9.65. The van der Waals surface area contributed by atoms with Crippen LogP contribution < -0.4 is 4.74 Å². The maximum Gasteiger partial charge on any atom is 0.176 e. The molecule has 0 aromatic heterocycles. The molecule has 0 spiro atoms. The van der Waals surface area contributed by atoms with Crippen LogP contribution in [0.2, 0.25) is 0 Å². The Kier molecular flexibility index (Phi) is 4.05. The van der Waals surface area contributed by atoms with Gasteiger partial charge in [0, 0.05) is 12.8 Å². The Balaban J connectivity index is 2.43. The summed E-state index contributed by atoms with van der Waals surface area (Å²) in [6.07, 6.45) is 1.10. The number of carbonyl (C=O) groups excluding carboxylic acids is 1. The third-order valence-electron chi connectivity index (χ3n) is 4.03. The van der Waals surface area contributed by atoms with Crippen molar-refractivity contribution in [3.8, 4) is 17.9 Å². The average Bonchev–Trinajstić information content (AvgIpc) is 2.47. The number of carbonyl (C=O) groups is 1. The Hall–Kier alpha value is -2.33. The van der Waals surface area contributed by atoms with E-state index < -0.39 is 5.41 Å². The summed E-state index contributed by atoms with van der Waals surface area (Å²) in [6, 6.07) is 11.3. The van der Waals surface area contributed by atoms with Crippen molar-refractivity contribution in [2.24, 2.45) is 5.41 Å². The lowest BCUT2D eigenvalue weighted by Crippen LogP contribution is -2.47. The molecule has 1 aliphatic rings. The Morgan fingerprint density at radius 3 is 2.40 bits per heavy atom. The van der Waals surface area contributed by atoms with Crippen LogP contribution in [0.3, 0.4) is 0 Å². The van der Waals surface area contributed by atoms with Crippen molar-refractivity contribution >= 4 is 5.78 Å². The molecule has 20 heavy (non-hydrogen) atoms. The zero-order valence-corrected chi connectivity index (χ0v) is 11.4. The van der Waals surface area contributed by atoms with E-state index in [1.54, 1.807) is 18.2 Å². The Labute approximate surface area is 118 Å². The molecule has 1 aromatic rings. The van der Waals surface area contributed by atoms with Crippen LogP contribution in [0.15, 0.2) is 24.3 Å². The molecule has 0 N–H and O–H groups in total. The SMILES string of the molecule is CC1Oc2ccccc2C(=O)C1(CCC#N)CCC#N. The monoisotopic (exact) mass is 268 g/mol. The fraction of sp³-hybridized carbons (Fsp3) is 0.438. The lowest BCUT2D eigenvalue weighted by molar-refractivity contribution is 0.0257. The highest BCUT2D eigenvalue weighted by Crippen LogP contribution is 2.44. The van der Waals surface area contributed by atoms with Gasteiger partial charge in [0.2, 0.25) is 0 Å². The maximum atomic E-state index is 12.9. The molecule has 1 atom stereocenters. The summed E-state index contributed by atoms with van der Waals surface area (Å²) in [6.45, 7) is 1.85. The van der Waals surface area contributed by atoms with Crippen molar-refractivity contribution in [1.82, 2.24) is 0 Å². The molecule has 1 aliphatic heterocycles. The molecule has 2 rings (SSSR count). The van der Waals surface area contributed by atoms with Crippen LogP contribution in [0.25, 0.3) is 0 Å². The number of benzene rings is 1. The van der Waals surface area contributed by atoms with E-state index >= 15 is 0 Å². The maximum absolute atomic E-state index is 12.9. The van der Waals surface area contributed by atoms with E-state index in [1.165, 1.54) is 0 Å². The van der Waals surface area contributed by atoms with Crippen molar-refractivity contribution in [3.63, 3.8) is 0 Å². The van der Waals surface area contributed by atoms with Gasteiger partial charge in [0.05, 0.1) is 23.1 Å². The first-order valence-electron chi connectivity index (χ1n) is 6.70. The standard InChI is InChI=1S/C16H16N2O2/c1-12-16(8-4-10-17,9-5-11-18)15(19)13-6-2-3-7-14(13)20-12/h2-3,6-7,12H,4-5,8-9H2,1H3. The van der Waals surface area contributed by atoms with Gasteiger partial charge >= 0.3 is 0 Å². The lowest BCUT2D eigenvalue weighted by Gasteiger charge is -2.41. The molecule has 0 saturated heterocycles. The number of nitrogens with zero attached hydrogens (tertiary/aromatic N) is 2. The number of fused-ring (bicyclic) bond motifs is 1. The number of nitriles is 2. The van der Waals surface area contributed by atoms with E-state index in [4.69, 9.17) is 15.3 Å². The summed E-state index contributed by atoms with van der Waals surface area (Å²) in [5, 5.41) is 17.7. The Morgan fingerprint density at radius 1 is 1.20 bits per heavy atom. The zero-order valence-electron chi connectivity index (χ0n) is 11.4. The quantitative estimate of drug-likeness (QED) is 0.840. The van der Waals surface area contributed by atoms with E-state index in [2.05, 4.69) is 12.1 Å². The van der Waals surface area contributed by atoms with E-state index in [1.807, 2.05) is 13.0 Å². The second-order valence-electron chi connectivity index (χ2n) is 5.06. The smallest absolute Gasteiger partial charge is 0.176 e. The van der Waals surface area contributed by atoms with Gasteiger partial charge in [0.1, 0.15) is 11.9 Å². The third-order valence-corrected chi connectivity index (χ3v) is 4.03. The molecule has 1 heterocycles. The van der Waals surface area contributed by atoms with Crippen molar-refractivity contribution in [2.75, 3.05) is 0 Å². The number of para-hydroxylation sites is 1. The first-order valence-corrected chi connectivity index (χ1v) is 6.70. The number of ketones is 1. The summed E-state index contributed by atoms with van der Waals surface area (Å²) in [5.41, 5.74) is -0.207. The van der Waals surface area contributed by atoms with Gasteiger partial charge in [-0.2, -0.15) is 10.5 Å². The average molecular weight is 268 g/mol. The summed E-state index contributed by atoms with van der Waals surface area (Å²) in [7, 11) is 0. The van der Waals surface area contributed by atoms with E-state index in [9.17, 15) is 4.79 Å². The highest BCUT2D eigenvalue weighted by Gasteiger charge is 2.48. The highest BCUT2D eigenvalue weighted by molar-refractivity contribution is 6.04. The molecule has 4 nitrogen and oxygen atoms in total. The molecule has 0 aliphatic carbocycles. The fourth-order valence-electron chi connectivity index (χ4n) is 2.83. The van der Waals surface area contributed by atoms with Crippen molar-refractivity contribution in [1.29, 1.82) is 10.5 Å².